The Hall–Kier alpha value is -3.08. The zero-order chi connectivity index (χ0) is 20.1. The average Bonchev–Trinajstić information content (AvgIpc) is 2.63. The molecule has 0 aliphatic heterocycles. The van der Waals surface area contributed by atoms with Crippen LogP contribution in [0.25, 0.3) is 0 Å². The van der Waals surface area contributed by atoms with Gasteiger partial charge in [0.05, 0.1) is 12.2 Å². The Morgan fingerprint density at radius 1 is 1.23 bits per heavy atom. The van der Waals surface area contributed by atoms with Gasteiger partial charge in [-0.1, -0.05) is 49.6 Å². The van der Waals surface area contributed by atoms with Crippen LogP contribution < -0.4 is 10.6 Å². The van der Waals surface area contributed by atoms with Crippen LogP contribution >= 0.6 is 0 Å². The van der Waals surface area contributed by atoms with Crippen molar-refractivity contribution in [2.75, 3.05) is 6.54 Å². The number of allylic oxidation sites excluding steroid dienone is 7. The Balaban J connectivity index is 6.03. The van der Waals surface area contributed by atoms with Gasteiger partial charge < -0.3 is 15.7 Å². The van der Waals surface area contributed by atoms with E-state index in [0.717, 1.165) is 11.3 Å². The molecular weight excluding hydrogens is 326 g/mol. The lowest BCUT2D eigenvalue weighted by Crippen LogP contribution is -2.33. The van der Waals surface area contributed by atoms with Crippen molar-refractivity contribution in [2.45, 2.75) is 27.7 Å². The van der Waals surface area contributed by atoms with Crippen molar-refractivity contribution in [3.63, 3.8) is 0 Å². The molecular formula is C21H29N3O2. The summed E-state index contributed by atoms with van der Waals surface area (Å²) in [5, 5.41) is 23.0. The number of aliphatic hydroxyl groups is 1. The van der Waals surface area contributed by atoms with E-state index >= 15 is 0 Å². The third kappa shape index (κ3) is 7.66. The molecule has 0 radical (unpaired) electrons. The second-order valence-corrected chi connectivity index (χ2v) is 5.34. The molecule has 5 nitrogen and oxygen atoms in total. The van der Waals surface area contributed by atoms with Gasteiger partial charge in [-0.25, -0.2) is 0 Å². The van der Waals surface area contributed by atoms with Gasteiger partial charge in [-0.15, -0.1) is 0 Å². The zero-order valence-electron chi connectivity index (χ0n) is 16.0. The lowest BCUT2D eigenvalue weighted by molar-refractivity contribution is -0.114. The standard InChI is InChI=1S/C21H29N3O2/c1-7-11-13-17(9-3)20(24-18(10-4)12-8-2)16(6)19(22)21(26)23-14-15(5)25/h7-13,22,24-25H,3,5,14H2,1-2,4,6H3,(H,23,26)/b11-7-,12-8-,17-13+,18-10+,20-16-,22-19?. The third-order valence-electron chi connectivity index (χ3n) is 3.33. The molecule has 0 aromatic carbocycles. The van der Waals surface area contributed by atoms with Crippen molar-refractivity contribution in [2.24, 2.45) is 0 Å². The van der Waals surface area contributed by atoms with E-state index in [1.165, 1.54) is 0 Å². The van der Waals surface area contributed by atoms with Gasteiger partial charge in [0, 0.05) is 11.3 Å². The number of hydrogen-bond acceptors (Lipinski definition) is 4. The Morgan fingerprint density at radius 3 is 2.35 bits per heavy atom. The molecule has 0 saturated carbocycles. The molecule has 0 aliphatic carbocycles. The minimum absolute atomic E-state index is 0.0985. The predicted octanol–water partition coefficient (Wildman–Crippen LogP) is 4.23. The van der Waals surface area contributed by atoms with Gasteiger partial charge in [0.1, 0.15) is 11.5 Å². The molecule has 4 N–H and O–H groups in total. The number of carbonyl (C=O) groups excluding carboxylic acids is 1. The van der Waals surface area contributed by atoms with E-state index in [-0.39, 0.29) is 18.0 Å². The Kier molecular flexibility index (Phi) is 10.8. The number of carbonyl (C=O) groups is 1. The fraction of sp³-hybridized carbons (Fsp3) is 0.238. The molecule has 0 aromatic rings. The van der Waals surface area contributed by atoms with Gasteiger partial charge in [0.25, 0.3) is 5.91 Å². The second-order valence-electron chi connectivity index (χ2n) is 5.34. The predicted molar refractivity (Wildman–Crippen MR) is 110 cm³/mol. The monoisotopic (exact) mass is 355 g/mol. The first-order valence-electron chi connectivity index (χ1n) is 8.28. The summed E-state index contributed by atoms with van der Waals surface area (Å²) < 4.78 is 0. The SMILES string of the molecule is C=CC(=C\C=C/C)/C(NC(/C=C\C)=C/C)=C(\C)C(=N)C(=O)NCC(=C)O. The molecule has 0 saturated heterocycles. The molecule has 0 heterocycles. The topological polar surface area (TPSA) is 85.2 Å². The summed E-state index contributed by atoms with van der Waals surface area (Å²) >= 11 is 0. The van der Waals surface area contributed by atoms with E-state index in [4.69, 9.17) is 10.5 Å². The van der Waals surface area contributed by atoms with E-state index in [0.29, 0.717) is 11.3 Å². The molecule has 0 unspecified atom stereocenters. The van der Waals surface area contributed by atoms with Crippen LogP contribution in [0.4, 0.5) is 0 Å². The Morgan fingerprint density at radius 2 is 1.88 bits per heavy atom. The van der Waals surface area contributed by atoms with Crippen LogP contribution in [0.15, 0.2) is 84.0 Å². The van der Waals surface area contributed by atoms with Crippen molar-refractivity contribution in [1.82, 2.24) is 10.6 Å². The van der Waals surface area contributed by atoms with Gasteiger partial charge in [-0.05, 0) is 39.3 Å². The minimum Gasteiger partial charge on any atom is -0.511 e. The summed E-state index contributed by atoms with van der Waals surface area (Å²) in [7, 11) is 0. The summed E-state index contributed by atoms with van der Waals surface area (Å²) in [6, 6.07) is 0. The molecule has 0 fully saturated rings. The quantitative estimate of drug-likeness (QED) is 0.269. The van der Waals surface area contributed by atoms with Gasteiger partial charge in [-0.3, -0.25) is 10.2 Å². The average molecular weight is 355 g/mol. The van der Waals surface area contributed by atoms with Crippen molar-refractivity contribution in [1.29, 1.82) is 5.41 Å². The Labute approximate surface area is 156 Å². The maximum Gasteiger partial charge on any atom is 0.269 e. The summed E-state index contributed by atoms with van der Waals surface area (Å²) in [6.07, 6.45) is 12.9. The summed E-state index contributed by atoms with van der Waals surface area (Å²) in [5.74, 6) is -0.769. The zero-order valence-corrected chi connectivity index (χ0v) is 16.0. The number of hydrogen-bond donors (Lipinski definition) is 4. The highest BCUT2D eigenvalue weighted by Crippen LogP contribution is 2.17. The van der Waals surface area contributed by atoms with Gasteiger partial charge in [0.15, 0.2) is 0 Å². The van der Waals surface area contributed by atoms with Crippen LogP contribution in [0.1, 0.15) is 27.7 Å². The summed E-state index contributed by atoms with van der Waals surface area (Å²) in [5.41, 5.74) is 2.41. The van der Waals surface area contributed by atoms with Crippen LogP contribution in [0.2, 0.25) is 0 Å². The van der Waals surface area contributed by atoms with E-state index in [9.17, 15) is 4.79 Å². The molecule has 5 heteroatoms. The lowest BCUT2D eigenvalue weighted by atomic mass is 10.0. The van der Waals surface area contributed by atoms with Crippen LogP contribution in [-0.4, -0.2) is 23.3 Å². The molecule has 26 heavy (non-hydrogen) atoms. The van der Waals surface area contributed by atoms with Crippen molar-refractivity contribution < 1.29 is 9.90 Å². The van der Waals surface area contributed by atoms with E-state index in [2.05, 4.69) is 23.8 Å². The highest BCUT2D eigenvalue weighted by molar-refractivity contribution is 6.44. The number of amides is 1. The van der Waals surface area contributed by atoms with E-state index in [1.54, 1.807) is 13.0 Å². The van der Waals surface area contributed by atoms with Crippen molar-refractivity contribution in [3.05, 3.63) is 84.0 Å². The summed E-state index contributed by atoms with van der Waals surface area (Å²) in [4.78, 5) is 12.2. The third-order valence-corrected chi connectivity index (χ3v) is 3.33. The fourth-order valence-corrected chi connectivity index (χ4v) is 1.94. The molecule has 0 aliphatic rings. The maximum absolute atomic E-state index is 12.2. The fourth-order valence-electron chi connectivity index (χ4n) is 1.94. The van der Waals surface area contributed by atoms with Crippen LogP contribution in [0, 0.1) is 5.41 Å². The lowest BCUT2D eigenvalue weighted by Gasteiger charge is -2.17. The van der Waals surface area contributed by atoms with Gasteiger partial charge >= 0.3 is 0 Å². The summed E-state index contributed by atoms with van der Waals surface area (Å²) in [6.45, 7) is 14.4. The molecule has 1 amide bonds. The normalized spacial score (nSPS) is 13.5. The first kappa shape index (κ1) is 22.9. The van der Waals surface area contributed by atoms with Gasteiger partial charge in [-0.2, -0.15) is 0 Å². The molecule has 0 spiro atoms. The van der Waals surface area contributed by atoms with Crippen LogP contribution in [-0.2, 0) is 4.79 Å². The molecule has 0 rings (SSSR count). The molecule has 140 valence electrons. The first-order valence-corrected chi connectivity index (χ1v) is 8.28. The number of aliphatic hydroxyl groups excluding tert-OH is 1. The minimum atomic E-state index is -0.598. The van der Waals surface area contributed by atoms with E-state index in [1.807, 2.05) is 57.2 Å². The number of nitrogens with one attached hydrogen (secondary N) is 3. The molecule has 0 bridgehead atoms. The molecule has 0 atom stereocenters. The van der Waals surface area contributed by atoms with Crippen molar-refractivity contribution >= 4 is 11.6 Å². The largest absolute Gasteiger partial charge is 0.511 e. The highest BCUT2D eigenvalue weighted by atomic mass is 16.3. The van der Waals surface area contributed by atoms with Gasteiger partial charge in [0.2, 0.25) is 0 Å². The maximum atomic E-state index is 12.2. The second kappa shape index (κ2) is 12.3. The Bertz CT molecular complexity index is 705. The molecule has 0 aromatic heterocycles. The van der Waals surface area contributed by atoms with Crippen LogP contribution in [0.5, 0.6) is 0 Å². The first-order chi connectivity index (χ1) is 12.3. The van der Waals surface area contributed by atoms with Crippen molar-refractivity contribution in [3.8, 4) is 0 Å². The highest BCUT2D eigenvalue weighted by Gasteiger charge is 2.17. The number of rotatable bonds is 10. The van der Waals surface area contributed by atoms with Crippen LogP contribution in [0.3, 0.4) is 0 Å². The van der Waals surface area contributed by atoms with E-state index < -0.39 is 5.91 Å². The smallest absolute Gasteiger partial charge is 0.269 e.